The number of hydrogen-bond donors (Lipinski definition) is 2. The van der Waals surface area contributed by atoms with Gasteiger partial charge in [0.2, 0.25) is 0 Å². The van der Waals surface area contributed by atoms with Gasteiger partial charge >= 0.3 is 11.9 Å². The van der Waals surface area contributed by atoms with E-state index < -0.39 is 11.9 Å². The Bertz CT molecular complexity index is 1050. The molecule has 2 heterocycles. The average molecular weight is 487 g/mol. The number of piperazine rings is 1. The molecule has 0 unspecified atom stereocenters. The van der Waals surface area contributed by atoms with Crippen molar-refractivity contribution in [3.63, 3.8) is 0 Å². The van der Waals surface area contributed by atoms with Crippen LogP contribution in [0, 0.1) is 0 Å². The van der Waals surface area contributed by atoms with Gasteiger partial charge in [-0.25, -0.2) is 9.59 Å². The van der Waals surface area contributed by atoms with Gasteiger partial charge in [0.05, 0.1) is 0 Å². The lowest BCUT2D eigenvalue weighted by Crippen LogP contribution is -2.44. The molecule has 8 heteroatoms. The molecule has 0 aromatic heterocycles. The summed E-state index contributed by atoms with van der Waals surface area (Å²) in [5.74, 6) is -1.52. The van der Waals surface area contributed by atoms with E-state index in [9.17, 15) is 9.59 Å². The molecule has 1 fully saturated rings. The number of rotatable bonds is 4. The van der Waals surface area contributed by atoms with Crippen LogP contribution in [-0.2, 0) is 15.3 Å². The predicted molar refractivity (Wildman–Crippen MR) is 133 cm³/mol. The Hall–Kier alpha value is -2.58. The number of carboxylic acid groups (broad SMARTS) is 2. The molecule has 2 N–H and O–H groups in total. The average Bonchev–Trinajstić information content (AvgIpc) is 2.94. The van der Waals surface area contributed by atoms with Crippen molar-refractivity contribution >= 4 is 40.9 Å². The first kappa shape index (κ1) is 25.1. The van der Waals surface area contributed by atoms with E-state index in [-0.39, 0.29) is 0 Å². The van der Waals surface area contributed by atoms with Crippen molar-refractivity contribution in [2.24, 2.45) is 0 Å². The molecular weight excluding hydrogens is 460 g/mol. The zero-order valence-corrected chi connectivity index (χ0v) is 20.0. The van der Waals surface area contributed by atoms with Crippen LogP contribution in [0.25, 0.3) is 5.57 Å². The Kier molecular flexibility index (Phi) is 9.14. The maximum Gasteiger partial charge on any atom is 0.328 e. The number of halogens is 1. The Morgan fingerprint density at radius 3 is 2.33 bits per heavy atom. The minimum absolute atomic E-state index is 0.558. The maximum atomic E-state index is 9.55. The van der Waals surface area contributed by atoms with Crippen LogP contribution in [0.4, 0.5) is 0 Å². The number of carbonyl (C=O) groups is 2. The fourth-order valence-electron chi connectivity index (χ4n) is 3.66. The quantitative estimate of drug-likeness (QED) is 0.622. The van der Waals surface area contributed by atoms with Crippen molar-refractivity contribution in [1.29, 1.82) is 0 Å². The van der Waals surface area contributed by atoms with E-state index in [0.717, 1.165) is 43.5 Å². The molecular formula is C25H27ClN2O4S. The van der Waals surface area contributed by atoms with Gasteiger partial charge in [-0.05, 0) is 41.4 Å². The van der Waals surface area contributed by atoms with Crippen molar-refractivity contribution < 1.29 is 19.8 Å². The zero-order chi connectivity index (χ0) is 23.8. The van der Waals surface area contributed by atoms with E-state index in [1.54, 1.807) is 0 Å². The Morgan fingerprint density at radius 1 is 1.00 bits per heavy atom. The van der Waals surface area contributed by atoms with Crippen molar-refractivity contribution in [3.05, 3.63) is 82.4 Å². The smallest absolute Gasteiger partial charge is 0.328 e. The fourth-order valence-corrected chi connectivity index (χ4v) is 5.00. The highest BCUT2D eigenvalue weighted by molar-refractivity contribution is 7.98. The minimum Gasteiger partial charge on any atom is -0.478 e. The molecule has 0 amide bonds. The van der Waals surface area contributed by atoms with Gasteiger partial charge in [-0.3, -0.25) is 4.90 Å². The molecule has 4 rings (SSSR count). The van der Waals surface area contributed by atoms with E-state index >= 15 is 0 Å². The van der Waals surface area contributed by atoms with Crippen molar-refractivity contribution in [2.45, 2.75) is 10.6 Å². The van der Waals surface area contributed by atoms with Crippen LogP contribution < -0.4 is 0 Å². The van der Waals surface area contributed by atoms with Gasteiger partial charge < -0.3 is 15.1 Å². The van der Waals surface area contributed by atoms with E-state index in [2.05, 4.69) is 59.3 Å². The maximum absolute atomic E-state index is 9.55. The largest absolute Gasteiger partial charge is 0.478 e. The second-order valence-corrected chi connectivity index (χ2v) is 9.27. The molecule has 1 saturated heterocycles. The normalized spacial score (nSPS) is 17.6. The first-order valence-corrected chi connectivity index (χ1v) is 12.0. The summed E-state index contributed by atoms with van der Waals surface area (Å²) in [6.45, 7) is 5.60. The molecule has 33 heavy (non-hydrogen) atoms. The van der Waals surface area contributed by atoms with Gasteiger partial charge in [0.1, 0.15) is 0 Å². The lowest BCUT2D eigenvalue weighted by molar-refractivity contribution is -0.134. The van der Waals surface area contributed by atoms with E-state index in [1.807, 2.05) is 17.8 Å². The van der Waals surface area contributed by atoms with Gasteiger partial charge in [-0.15, -0.1) is 11.8 Å². The second-order valence-electron chi connectivity index (χ2n) is 7.82. The highest BCUT2D eigenvalue weighted by Crippen LogP contribution is 2.41. The molecule has 0 bridgehead atoms. The van der Waals surface area contributed by atoms with Gasteiger partial charge in [0, 0.05) is 60.5 Å². The van der Waals surface area contributed by atoms with Crippen LogP contribution in [0.2, 0.25) is 5.02 Å². The Morgan fingerprint density at radius 2 is 1.67 bits per heavy atom. The third-order valence-corrected chi connectivity index (χ3v) is 6.78. The topological polar surface area (TPSA) is 81.1 Å². The van der Waals surface area contributed by atoms with E-state index in [0.29, 0.717) is 12.2 Å². The molecule has 2 aliphatic heterocycles. The summed E-state index contributed by atoms with van der Waals surface area (Å²) >= 11 is 8.14. The highest BCUT2D eigenvalue weighted by atomic mass is 35.5. The summed E-state index contributed by atoms with van der Waals surface area (Å²) in [5.41, 5.74) is 5.44. The lowest BCUT2D eigenvalue weighted by Gasteiger charge is -2.31. The van der Waals surface area contributed by atoms with Crippen LogP contribution >= 0.6 is 23.4 Å². The van der Waals surface area contributed by atoms with Crippen LogP contribution in [0.15, 0.2) is 65.6 Å². The number of fused-ring (bicyclic) bond motifs is 2. The summed E-state index contributed by atoms with van der Waals surface area (Å²) in [5, 5.41) is 16.4. The Labute approximate surface area is 203 Å². The number of nitrogens with zero attached hydrogens (tertiary/aromatic N) is 2. The number of carboxylic acids is 2. The summed E-state index contributed by atoms with van der Waals surface area (Å²) in [6.07, 6.45) is 3.54. The van der Waals surface area contributed by atoms with Crippen LogP contribution in [-0.4, -0.2) is 71.7 Å². The number of benzene rings is 2. The van der Waals surface area contributed by atoms with Crippen molar-refractivity contribution in [1.82, 2.24) is 9.80 Å². The number of thioether (sulfide) groups is 1. The lowest BCUT2D eigenvalue weighted by atomic mass is 9.94. The SMILES string of the molecule is CN1CCN(C/C=C2\c3ccccc3CSc3cc(Cl)ccc32)CC1.O=C(O)/C=C\C(=O)O. The zero-order valence-electron chi connectivity index (χ0n) is 18.4. The molecule has 0 radical (unpaired) electrons. The van der Waals surface area contributed by atoms with Crippen LogP contribution in [0.1, 0.15) is 16.7 Å². The fraction of sp³-hybridized carbons (Fsp3) is 0.280. The van der Waals surface area contributed by atoms with Gasteiger partial charge in [-0.2, -0.15) is 0 Å². The van der Waals surface area contributed by atoms with Crippen LogP contribution in [0.5, 0.6) is 0 Å². The predicted octanol–water partition coefficient (Wildman–Crippen LogP) is 4.34. The number of aliphatic carboxylic acids is 2. The first-order valence-electron chi connectivity index (χ1n) is 10.6. The molecule has 0 aliphatic carbocycles. The van der Waals surface area contributed by atoms with Crippen molar-refractivity contribution in [3.8, 4) is 0 Å². The van der Waals surface area contributed by atoms with Gasteiger partial charge in [0.25, 0.3) is 0 Å². The molecule has 0 spiro atoms. The summed E-state index contributed by atoms with van der Waals surface area (Å²) in [4.78, 5) is 25.3. The van der Waals surface area contributed by atoms with E-state index in [4.69, 9.17) is 21.8 Å². The monoisotopic (exact) mass is 486 g/mol. The van der Waals surface area contributed by atoms with Crippen molar-refractivity contribution in [2.75, 3.05) is 39.8 Å². The molecule has 2 aliphatic rings. The molecule has 2 aromatic carbocycles. The summed E-state index contributed by atoms with van der Waals surface area (Å²) in [6, 6.07) is 15.1. The standard InChI is InChI=1S/C21H23ClN2S.C4H4O4/c1-23-10-12-24(13-11-23)9-8-19-18-5-3-2-4-16(18)15-25-21-14-17(22)6-7-20(19)21;5-3(6)1-2-4(7)8/h2-8,14H,9-13,15H2,1H3;1-2H,(H,5,6)(H,7,8)/b19-8+;2-1-. The highest BCUT2D eigenvalue weighted by Gasteiger charge is 2.19. The Balaban J connectivity index is 0.000000331. The van der Waals surface area contributed by atoms with Gasteiger partial charge in [-0.1, -0.05) is 48.0 Å². The van der Waals surface area contributed by atoms with Gasteiger partial charge in [0.15, 0.2) is 0 Å². The minimum atomic E-state index is -1.26. The third kappa shape index (κ3) is 7.47. The molecule has 174 valence electrons. The first-order chi connectivity index (χ1) is 15.8. The summed E-state index contributed by atoms with van der Waals surface area (Å²) < 4.78 is 0. The second kappa shape index (κ2) is 12.0. The molecule has 0 saturated carbocycles. The van der Waals surface area contributed by atoms with E-state index in [1.165, 1.54) is 27.2 Å². The third-order valence-electron chi connectivity index (χ3n) is 5.44. The molecule has 0 atom stereocenters. The van der Waals surface area contributed by atoms with Crippen LogP contribution in [0.3, 0.4) is 0 Å². The molecule has 2 aromatic rings. The molecule has 6 nitrogen and oxygen atoms in total. The number of hydrogen-bond acceptors (Lipinski definition) is 5. The number of likely N-dealkylation sites (N-methyl/N-ethyl adjacent to an activating group) is 1. The summed E-state index contributed by atoms with van der Waals surface area (Å²) in [7, 11) is 2.20.